The summed E-state index contributed by atoms with van der Waals surface area (Å²) in [5.41, 5.74) is 1.17. The number of piperazine rings is 1. The monoisotopic (exact) mass is 571 g/mol. The lowest BCUT2D eigenvalue weighted by Crippen LogP contribution is -2.51. The molecule has 4 heterocycles. The van der Waals surface area contributed by atoms with Crippen molar-refractivity contribution in [2.75, 3.05) is 44.2 Å². The van der Waals surface area contributed by atoms with E-state index in [0.717, 1.165) is 62.6 Å². The Labute approximate surface area is 243 Å². The van der Waals surface area contributed by atoms with E-state index in [4.69, 9.17) is 9.72 Å². The molecule has 9 heteroatoms. The number of hydrogen-bond acceptors (Lipinski definition) is 7. The van der Waals surface area contributed by atoms with Crippen LogP contribution in [0.25, 0.3) is 32.8 Å². The number of hydrogen-bond donors (Lipinski definition) is 2. The number of nitrogens with zero attached hydrogens (tertiary/aromatic N) is 4. The Bertz CT molecular complexity index is 1670. The van der Waals surface area contributed by atoms with Gasteiger partial charge in [0.25, 0.3) is 0 Å². The Morgan fingerprint density at radius 1 is 0.952 bits per heavy atom. The van der Waals surface area contributed by atoms with Crippen LogP contribution in [0.2, 0.25) is 0 Å². The fourth-order valence-corrected chi connectivity index (χ4v) is 7.27. The van der Waals surface area contributed by atoms with E-state index in [1.54, 1.807) is 18.2 Å². The standard InChI is InChI=1S/C33H35F2N5O2/c34-21-9-12-39(15-21)18-33(10-11-33)19-42-32-37-30-27(31(38-32)40-16-22-5-6-23(17-40)36-22)8-7-26(29(30)35)28-14-24(41)13-20-3-1-2-4-25(20)28/h1-4,7-8,13-14,21-23,36,41H,5-6,9-12,15-19H2/t21-,22?,23?/m1/s1. The lowest BCUT2D eigenvalue weighted by molar-refractivity contribution is 0.165. The van der Waals surface area contributed by atoms with Crippen LogP contribution in [0.15, 0.2) is 48.5 Å². The van der Waals surface area contributed by atoms with Gasteiger partial charge in [0, 0.05) is 61.2 Å². The van der Waals surface area contributed by atoms with E-state index in [9.17, 15) is 9.50 Å². The van der Waals surface area contributed by atoms with Gasteiger partial charge in [-0.1, -0.05) is 30.3 Å². The first-order valence-corrected chi connectivity index (χ1v) is 15.2. The lowest BCUT2D eigenvalue weighted by Gasteiger charge is -2.34. The zero-order chi connectivity index (χ0) is 28.4. The van der Waals surface area contributed by atoms with Crippen LogP contribution in [0.4, 0.5) is 14.6 Å². The first-order valence-electron chi connectivity index (χ1n) is 15.2. The minimum Gasteiger partial charge on any atom is -0.508 e. The highest BCUT2D eigenvalue weighted by Gasteiger charge is 2.46. The molecule has 42 heavy (non-hydrogen) atoms. The summed E-state index contributed by atoms with van der Waals surface area (Å²) >= 11 is 0. The largest absolute Gasteiger partial charge is 0.508 e. The van der Waals surface area contributed by atoms with Gasteiger partial charge in [0.1, 0.15) is 23.3 Å². The van der Waals surface area contributed by atoms with Gasteiger partial charge in [-0.15, -0.1) is 0 Å². The van der Waals surface area contributed by atoms with E-state index < -0.39 is 12.0 Å². The Balaban J connectivity index is 1.19. The number of benzene rings is 3. The minimum absolute atomic E-state index is 0.0302. The van der Waals surface area contributed by atoms with Gasteiger partial charge in [0.2, 0.25) is 0 Å². The second-order valence-corrected chi connectivity index (χ2v) is 12.8. The average Bonchev–Trinajstić information content (AvgIpc) is 3.51. The van der Waals surface area contributed by atoms with E-state index in [-0.39, 0.29) is 22.7 Å². The number of halogens is 2. The van der Waals surface area contributed by atoms with Gasteiger partial charge in [-0.3, -0.25) is 4.90 Å². The third-order valence-electron chi connectivity index (χ3n) is 9.66. The van der Waals surface area contributed by atoms with Crippen molar-refractivity contribution in [2.45, 2.75) is 50.4 Å². The van der Waals surface area contributed by atoms with Crippen LogP contribution in [0.1, 0.15) is 32.1 Å². The molecule has 1 aliphatic carbocycles. The number of anilines is 1. The summed E-state index contributed by atoms with van der Waals surface area (Å²) in [5, 5.41) is 16.5. The van der Waals surface area contributed by atoms with Gasteiger partial charge >= 0.3 is 6.01 Å². The smallest absolute Gasteiger partial charge is 0.319 e. The molecular formula is C33H35F2N5O2. The molecular weight excluding hydrogens is 536 g/mol. The predicted octanol–water partition coefficient (Wildman–Crippen LogP) is 5.44. The number of likely N-dealkylation sites (tertiary alicyclic amines) is 1. The Morgan fingerprint density at radius 2 is 1.76 bits per heavy atom. The second-order valence-electron chi connectivity index (χ2n) is 12.8. The summed E-state index contributed by atoms with van der Waals surface area (Å²) in [5.74, 6) is 0.324. The fraction of sp³-hybridized carbons (Fsp3) is 0.455. The first kappa shape index (κ1) is 26.1. The first-order chi connectivity index (χ1) is 20.4. The number of rotatable bonds is 7. The zero-order valence-corrected chi connectivity index (χ0v) is 23.5. The van der Waals surface area contributed by atoms with E-state index in [1.807, 2.05) is 30.3 Å². The topological polar surface area (TPSA) is 73.8 Å². The SMILES string of the molecule is Oc1cc(-c2ccc3c(N4CC5CCC(C4)N5)nc(OCC4(CN5CC[C@@H](F)C5)CC4)nc3c2F)c2ccccc2c1. The number of aromatic hydroxyl groups is 1. The van der Waals surface area contributed by atoms with Crippen LogP contribution < -0.4 is 15.0 Å². The van der Waals surface area contributed by atoms with Gasteiger partial charge in [-0.25, -0.2) is 8.78 Å². The molecule has 4 aromatic rings. The maximum atomic E-state index is 16.6. The van der Waals surface area contributed by atoms with Crippen LogP contribution in [-0.4, -0.2) is 77.6 Å². The molecule has 7 nitrogen and oxygen atoms in total. The molecule has 2 bridgehead atoms. The van der Waals surface area contributed by atoms with Crippen molar-refractivity contribution in [3.63, 3.8) is 0 Å². The molecule has 1 aromatic heterocycles. The predicted molar refractivity (Wildman–Crippen MR) is 159 cm³/mol. The van der Waals surface area contributed by atoms with Crippen molar-refractivity contribution in [3.05, 3.63) is 54.3 Å². The molecule has 0 radical (unpaired) electrons. The van der Waals surface area contributed by atoms with Crippen molar-refractivity contribution in [1.82, 2.24) is 20.2 Å². The van der Waals surface area contributed by atoms with E-state index in [0.29, 0.717) is 54.0 Å². The molecule has 3 aromatic carbocycles. The minimum atomic E-state index is -0.747. The number of aromatic nitrogens is 2. The molecule has 8 rings (SSSR count). The molecule has 2 unspecified atom stereocenters. The number of alkyl halides is 1. The van der Waals surface area contributed by atoms with E-state index in [2.05, 4.69) is 20.1 Å². The number of fused-ring (bicyclic) bond motifs is 4. The molecule has 4 aliphatic rings. The molecule has 0 amide bonds. The molecule has 3 aliphatic heterocycles. The summed E-state index contributed by atoms with van der Waals surface area (Å²) in [6, 6.07) is 15.6. The molecule has 218 valence electrons. The van der Waals surface area contributed by atoms with Crippen LogP contribution in [-0.2, 0) is 0 Å². The van der Waals surface area contributed by atoms with Crippen molar-refractivity contribution < 1.29 is 18.6 Å². The van der Waals surface area contributed by atoms with Crippen LogP contribution in [0.5, 0.6) is 11.8 Å². The van der Waals surface area contributed by atoms with Crippen molar-refractivity contribution in [1.29, 1.82) is 0 Å². The highest BCUT2D eigenvalue weighted by Crippen LogP contribution is 2.47. The fourth-order valence-electron chi connectivity index (χ4n) is 7.27. The Kier molecular flexibility index (Phi) is 6.23. The normalized spacial score (nSPS) is 25.0. The maximum Gasteiger partial charge on any atom is 0.319 e. The summed E-state index contributed by atoms with van der Waals surface area (Å²) < 4.78 is 36.7. The highest BCUT2D eigenvalue weighted by molar-refractivity contribution is 6.01. The summed E-state index contributed by atoms with van der Waals surface area (Å²) in [6.07, 6.45) is 4.13. The van der Waals surface area contributed by atoms with E-state index >= 15 is 4.39 Å². The average molecular weight is 572 g/mol. The van der Waals surface area contributed by atoms with Crippen molar-refractivity contribution >= 4 is 27.5 Å². The molecule has 2 N–H and O–H groups in total. The number of phenolic OH excluding ortho intramolecular Hbond substituents is 1. The van der Waals surface area contributed by atoms with Gasteiger partial charge < -0.3 is 20.1 Å². The van der Waals surface area contributed by atoms with Crippen LogP contribution >= 0.6 is 0 Å². The summed E-state index contributed by atoms with van der Waals surface area (Å²) in [7, 11) is 0. The molecule has 3 saturated heterocycles. The van der Waals surface area contributed by atoms with Gasteiger partial charge in [0.05, 0.1) is 6.61 Å². The highest BCUT2D eigenvalue weighted by atomic mass is 19.1. The van der Waals surface area contributed by atoms with Crippen molar-refractivity contribution in [2.24, 2.45) is 5.41 Å². The Morgan fingerprint density at radius 3 is 2.52 bits per heavy atom. The summed E-state index contributed by atoms with van der Waals surface area (Å²) in [4.78, 5) is 14.0. The number of nitrogens with one attached hydrogen (secondary N) is 1. The lowest BCUT2D eigenvalue weighted by atomic mass is 9.96. The third kappa shape index (κ3) is 4.72. The van der Waals surface area contributed by atoms with Crippen LogP contribution in [0.3, 0.4) is 0 Å². The maximum absolute atomic E-state index is 16.6. The zero-order valence-electron chi connectivity index (χ0n) is 23.5. The van der Waals surface area contributed by atoms with E-state index in [1.165, 1.54) is 0 Å². The molecule has 0 spiro atoms. The third-order valence-corrected chi connectivity index (χ3v) is 9.66. The molecule has 3 atom stereocenters. The number of ether oxygens (including phenoxy) is 1. The van der Waals surface area contributed by atoms with Gasteiger partial charge in [-0.05, 0) is 66.6 Å². The van der Waals surface area contributed by atoms with Crippen molar-refractivity contribution in [3.8, 4) is 22.9 Å². The van der Waals surface area contributed by atoms with Gasteiger partial charge in [-0.2, -0.15) is 9.97 Å². The molecule has 1 saturated carbocycles. The second kappa shape index (κ2) is 10.0. The quantitative estimate of drug-likeness (QED) is 0.306. The number of phenols is 1. The van der Waals surface area contributed by atoms with Crippen LogP contribution in [0, 0.1) is 11.2 Å². The molecule has 4 fully saturated rings. The Hall–Kier alpha value is -3.56. The summed E-state index contributed by atoms with van der Waals surface area (Å²) in [6.45, 7) is 4.09. The van der Waals surface area contributed by atoms with Gasteiger partial charge in [0.15, 0.2) is 5.82 Å².